The number of benzene rings is 1. The maximum Gasteiger partial charge on any atom is 0.262 e. The molecule has 1 N–H and O–H groups in total. The Kier molecular flexibility index (Phi) is 7.50. The Balaban J connectivity index is 1.22. The van der Waals surface area contributed by atoms with Crippen molar-refractivity contribution in [1.29, 1.82) is 0 Å². The molecule has 1 amide bonds. The Morgan fingerprint density at radius 3 is 2.53 bits per heavy atom. The molecule has 0 bridgehead atoms. The molecular formula is C23H32N4O3S2. The zero-order valence-corrected chi connectivity index (χ0v) is 20.3. The van der Waals surface area contributed by atoms with E-state index in [0.29, 0.717) is 24.5 Å². The largest absolute Gasteiger partial charge is 0.369 e. The molecule has 3 heterocycles. The summed E-state index contributed by atoms with van der Waals surface area (Å²) in [4.78, 5) is 17.9. The number of amides is 1. The first-order valence-electron chi connectivity index (χ1n) is 11.3. The number of rotatable bonds is 8. The minimum atomic E-state index is -3.58. The number of piperazine rings is 1. The first-order chi connectivity index (χ1) is 15.4. The van der Waals surface area contributed by atoms with E-state index in [1.807, 2.05) is 0 Å². The normalized spacial score (nSPS) is 18.2. The van der Waals surface area contributed by atoms with Crippen molar-refractivity contribution >= 4 is 33.0 Å². The van der Waals surface area contributed by atoms with Gasteiger partial charge in [-0.25, -0.2) is 8.42 Å². The lowest BCUT2D eigenvalue weighted by molar-refractivity contribution is 0.0952. The van der Waals surface area contributed by atoms with Gasteiger partial charge in [-0.3, -0.25) is 9.69 Å². The van der Waals surface area contributed by atoms with Crippen molar-refractivity contribution < 1.29 is 13.2 Å². The van der Waals surface area contributed by atoms with E-state index in [2.05, 4.69) is 46.3 Å². The number of sulfonamides is 1. The maximum atomic E-state index is 12.8. The predicted molar refractivity (Wildman–Crippen MR) is 129 cm³/mol. The molecule has 0 saturated carbocycles. The monoisotopic (exact) mass is 476 g/mol. The van der Waals surface area contributed by atoms with E-state index in [1.165, 1.54) is 26.9 Å². The first-order valence-corrected chi connectivity index (χ1v) is 13.7. The molecule has 7 nitrogen and oxygen atoms in total. The fourth-order valence-electron chi connectivity index (χ4n) is 4.37. The van der Waals surface area contributed by atoms with E-state index in [9.17, 15) is 13.2 Å². The van der Waals surface area contributed by atoms with Crippen LogP contribution in [-0.2, 0) is 10.0 Å². The number of thiophene rings is 1. The van der Waals surface area contributed by atoms with Crippen molar-refractivity contribution in [1.82, 2.24) is 14.5 Å². The summed E-state index contributed by atoms with van der Waals surface area (Å²) in [5, 5.41) is 4.61. The Hall–Kier alpha value is -1.94. The van der Waals surface area contributed by atoms with Crippen LogP contribution in [0.1, 0.15) is 34.5 Å². The smallest absolute Gasteiger partial charge is 0.262 e. The zero-order valence-electron chi connectivity index (χ0n) is 18.6. The summed E-state index contributed by atoms with van der Waals surface area (Å²) in [6.07, 6.45) is 2.60. The second-order valence-corrected chi connectivity index (χ2v) is 11.3. The number of anilines is 1. The molecule has 0 atom stereocenters. The molecule has 0 unspecified atom stereocenters. The van der Waals surface area contributed by atoms with Crippen LogP contribution in [0.2, 0.25) is 0 Å². The fourth-order valence-corrected chi connectivity index (χ4v) is 7.21. The van der Waals surface area contributed by atoms with Crippen molar-refractivity contribution in [2.75, 3.05) is 57.3 Å². The summed E-state index contributed by atoms with van der Waals surface area (Å²) in [5.74, 6) is -0.290. The fraction of sp³-hybridized carbons (Fsp3) is 0.522. The number of nitrogens with zero attached hydrogens (tertiary/aromatic N) is 3. The Morgan fingerprint density at radius 2 is 1.81 bits per heavy atom. The van der Waals surface area contributed by atoms with Crippen LogP contribution in [0.5, 0.6) is 0 Å². The van der Waals surface area contributed by atoms with Crippen LogP contribution >= 0.6 is 11.3 Å². The molecular weight excluding hydrogens is 444 g/mol. The van der Waals surface area contributed by atoms with E-state index in [0.717, 1.165) is 52.0 Å². The highest BCUT2D eigenvalue weighted by molar-refractivity contribution is 7.89. The number of carbonyl (C=O) groups excluding carboxylic acids is 1. The molecule has 1 aromatic heterocycles. The standard InChI is InChI=1S/C23H32N4O3S2/c1-19-6-4-7-20(18-19)26-15-13-25(14-16-26)10-5-9-24-23(28)22-21(8-17-31-22)32(29,30)27-11-2-3-12-27/h4,6-8,17-18H,2-3,5,9-16H2,1H3,(H,24,28). The lowest BCUT2D eigenvalue weighted by atomic mass is 10.2. The molecule has 4 rings (SSSR count). The number of carbonyl (C=O) groups is 1. The van der Waals surface area contributed by atoms with E-state index in [4.69, 9.17) is 0 Å². The summed E-state index contributed by atoms with van der Waals surface area (Å²) < 4.78 is 27.2. The molecule has 0 spiro atoms. The molecule has 0 radical (unpaired) electrons. The summed E-state index contributed by atoms with van der Waals surface area (Å²) in [7, 11) is -3.58. The topological polar surface area (TPSA) is 73.0 Å². The molecule has 2 fully saturated rings. The minimum absolute atomic E-state index is 0.147. The quantitative estimate of drug-likeness (QED) is 0.593. The average Bonchev–Trinajstić information content (AvgIpc) is 3.50. The van der Waals surface area contributed by atoms with E-state index in [-0.39, 0.29) is 10.8 Å². The summed E-state index contributed by atoms with van der Waals surface area (Å²) in [6, 6.07) is 10.2. The van der Waals surface area contributed by atoms with Crippen LogP contribution < -0.4 is 10.2 Å². The van der Waals surface area contributed by atoms with Crippen LogP contribution in [0.15, 0.2) is 40.6 Å². The van der Waals surface area contributed by atoms with Crippen molar-refractivity contribution in [2.24, 2.45) is 0 Å². The van der Waals surface area contributed by atoms with Crippen LogP contribution in [0, 0.1) is 6.92 Å². The molecule has 32 heavy (non-hydrogen) atoms. The van der Waals surface area contributed by atoms with Gasteiger partial charge < -0.3 is 10.2 Å². The van der Waals surface area contributed by atoms with Crippen LogP contribution in [0.3, 0.4) is 0 Å². The van der Waals surface area contributed by atoms with Gasteiger partial charge in [0.15, 0.2) is 0 Å². The molecule has 0 aliphatic carbocycles. The van der Waals surface area contributed by atoms with Crippen LogP contribution in [0.25, 0.3) is 0 Å². The predicted octanol–water partition coefficient (Wildman–Crippen LogP) is 2.78. The first kappa shape index (κ1) is 23.2. The molecule has 2 saturated heterocycles. The van der Waals surface area contributed by atoms with Gasteiger partial charge in [0.2, 0.25) is 10.0 Å². The lowest BCUT2D eigenvalue weighted by Crippen LogP contribution is -2.47. The molecule has 1 aromatic carbocycles. The molecule has 2 aromatic rings. The molecule has 174 valence electrons. The van der Waals surface area contributed by atoms with Gasteiger partial charge in [-0.15, -0.1) is 11.3 Å². The van der Waals surface area contributed by atoms with Crippen molar-refractivity contribution in [3.05, 3.63) is 46.2 Å². The van der Waals surface area contributed by atoms with Gasteiger partial charge in [0.25, 0.3) is 5.91 Å². The van der Waals surface area contributed by atoms with Gasteiger partial charge in [0.1, 0.15) is 9.77 Å². The van der Waals surface area contributed by atoms with E-state index >= 15 is 0 Å². The SMILES string of the molecule is Cc1cccc(N2CCN(CCCNC(=O)c3sccc3S(=O)(=O)N3CCCC3)CC2)c1. The third-order valence-electron chi connectivity index (χ3n) is 6.19. The molecule has 9 heteroatoms. The summed E-state index contributed by atoms with van der Waals surface area (Å²) in [5.41, 5.74) is 2.57. The number of hydrogen-bond acceptors (Lipinski definition) is 6. The maximum absolute atomic E-state index is 12.8. The van der Waals surface area contributed by atoms with Crippen molar-refractivity contribution in [3.63, 3.8) is 0 Å². The van der Waals surface area contributed by atoms with Crippen LogP contribution in [-0.4, -0.2) is 75.9 Å². The Morgan fingerprint density at radius 1 is 1.06 bits per heavy atom. The molecule has 2 aliphatic heterocycles. The summed E-state index contributed by atoms with van der Waals surface area (Å²) >= 11 is 1.19. The summed E-state index contributed by atoms with van der Waals surface area (Å²) in [6.45, 7) is 8.67. The number of nitrogens with one attached hydrogen (secondary N) is 1. The highest BCUT2D eigenvalue weighted by atomic mass is 32.2. The van der Waals surface area contributed by atoms with Crippen molar-refractivity contribution in [2.45, 2.75) is 31.1 Å². The highest BCUT2D eigenvalue weighted by Crippen LogP contribution is 2.27. The third-order valence-corrected chi connectivity index (χ3v) is 9.18. The van der Waals surface area contributed by atoms with Crippen molar-refractivity contribution in [3.8, 4) is 0 Å². The van der Waals surface area contributed by atoms with Gasteiger partial charge in [-0.1, -0.05) is 12.1 Å². The van der Waals surface area contributed by atoms with Gasteiger partial charge in [0.05, 0.1) is 0 Å². The lowest BCUT2D eigenvalue weighted by Gasteiger charge is -2.36. The minimum Gasteiger partial charge on any atom is -0.369 e. The van der Waals surface area contributed by atoms with Gasteiger partial charge >= 0.3 is 0 Å². The number of hydrogen-bond donors (Lipinski definition) is 1. The van der Waals surface area contributed by atoms with Gasteiger partial charge in [-0.2, -0.15) is 4.31 Å². The van der Waals surface area contributed by atoms with Crippen LogP contribution in [0.4, 0.5) is 5.69 Å². The Labute approximate surface area is 195 Å². The number of aryl methyl sites for hydroxylation is 1. The van der Waals surface area contributed by atoms with Gasteiger partial charge in [0, 0.05) is 51.5 Å². The second-order valence-electron chi connectivity index (χ2n) is 8.50. The van der Waals surface area contributed by atoms with Gasteiger partial charge in [-0.05, 0) is 61.9 Å². The average molecular weight is 477 g/mol. The molecule has 2 aliphatic rings. The Bertz CT molecular complexity index is 1020. The third kappa shape index (κ3) is 5.33. The second kappa shape index (κ2) is 10.3. The van der Waals surface area contributed by atoms with E-state index < -0.39 is 10.0 Å². The highest BCUT2D eigenvalue weighted by Gasteiger charge is 2.31. The van der Waals surface area contributed by atoms with E-state index in [1.54, 1.807) is 11.4 Å². The zero-order chi connectivity index (χ0) is 22.6.